The molecule has 1 aromatic carbocycles. The lowest BCUT2D eigenvalue weighted by Gasteiger charge is -2.27. The molecule has 44 heavy (non-hydrogen) atoms. The van der Waals surface area contributed by atoms with Crippen LogP contribution in [0.15, 0.2) is 24.3 Å². The summed E-state index contributed by atoms with van der Waals surface area (Å²) in [5.41, 5.74) is 5.98. The third-order valence-electron chi connectivity index (χ3n) is 7.55. The summed E-state index contributed by atoms with van der Waals surface area (Å²) < 4.78 is 17.9. The molecule has 2 fully saturated rings. The number of likely N-dealkylation sites (N-methyl/N-ethyl adjacent to an activating group) is 1. The molecule has 2 heterocycles. The molecule has 4 N–H and O–H groups in total. The molecule has 0 aromatic heterocycles. The van der Waals surface area contributed by atoms with Crippen molar-refractivity contribution >= 4 is 58.1 Å². The normalized spacial score (nSPS) is 19.1. The van der Waals surface area contributed by atoms with E-state index >= 15 is 0 Å². The average Bonchev–Trinajstić information content (AvgIpc) is 3.56. The maximum absolute atomic E-state index is 12.6. The molecule has 1 aromatic rings. The van der Waals surface area contributed by atoms with Crippen molar-refractivity contribution in [1.82, 2.24) is 20.4 Å². The smallest absolute Gasteiger partial charge is 0.318 e. The summed E-state index contributed by atoms with van der Waals surface area (Å²) >= 11 is 4.09. The Morgan fingerprint density at radius 3 is 2.34 bits per heavy atom. The van der Waals surface area contributed by atoms with Crippen LogP contribution < -0.4 is 16.4 Å². The van der Waals surface area contributed by atoms with E-state index in [0.29, 0.717) is 76.4 Å². The van der Waals surface area contributed by atoms with Crippen LogP contribution >= 0.6 is 34.4 Å². The number of fused-ring (bicyclic) bond motifs is 1. The number of amides is 5. The molecule has 14 heteroatoms. The second-order valence-electron chi connectivity index (χ2n) is 10.7. The molecule has 246 valence electrons. The highest BCUT2D eigenvalue weighted by molar-refractivity contribution is 14.1. The van der Waals surface area contributed by atoms with E-state index in [1.165, 1.54) is 7.05 Å². The van der Waals surface area contributed by atoms with Gasteiger partial charge in [-0.2, -0.15) is 11.8 Å². The minimum atomic E-state index is -0.373. The number of hydrogen-bond donors (Lipinski definition) is 3. The van der Waals surface area contributed by atoms with E-state index in [2.05, 4.69) is 33.2 Å². The first-order valence-corrected chi connectivity index (χ1v) is 17.4. The van der Waals surface area contributed by atoms with E-state index in [4.69, 9.17) is 19.9 Å². The maximum Gasteiger partial charge on any atom is 0.318 e. The van der Waals surface area contributed by atoms with Gasteiger partial charge in [-0.1, -0.05) is 6.42 Å². The number of urea groups is 1. The minimum absolute atomic E-state index is 0.0147. The Hall–Kier alpha value is -1.98. The van der Waals surface area contributed by atoms with Crippen LogP contribution in [0.5, 0.6) is 0 Å². The molecule has 2 saturated heterocycles. The molecule has 0 bridgehead atoms. The molecule has 0 spiro atoms. The summed E-state index contributed by atoms with van der Waals surface area (Å²) in [5, 5.41) is 6.33. The van der Waals surface area contributed by atoms with Crippen molar-refractivity contribution in [3.05, 3.63) is 33.4 Å². The fraction of sp³-hybridized carbons (Fsp3) is 0.667. The number of carbonyl (C=O) groups is 4. The number of nitrogens with one attached hydrogen (secondary N) is 2. The Bertz CT molecular complexity index is 1070. The minimum Gasteiger partial charge on any atom is -0.379 e. The van der Waals surface area contributed by atoms with Gasteiger partial charge in [0.2, 0.25) is 11.8 Å². The number of hydrogen-bond acceptors (Lipinski definition) is 9. The Balaban J connectivity index is 1.16. The first kappa shape index (κ1) is 36.5. The highest BCUT2D eigenvalue weighted by atomic mass is 127. The van der Waals surface area contributed by atoms with Crippen LogP contribution in [0, 0.1) is 3.57 Å². The summed E-state index contributed by atoms with van der Waals surface area (Å²) in [6.07, 6.45) is 4.27. The highest BCUT2D eigenvalue weighted by Gasteiger charge is 2.47. The van der Waals surface area contributed by atoms with Crippen LogP contribution in [-0.4, -0.2) is 123 Å². The predicted octanol–water partition coefficient (Wildman–Crippen LogP) is 2.23. The van der Waals surface area contributed by atoms with E-state index in [-0.39, 0.29) is 42.4 Å². The molecule has 0 radical (unpaired) electrons. The lowest BCUT2D eigenvalue weighted by molar-refractivity contribution is -0.142. The molecule has 3 atom stereocenters. The van der Waals surface area contributed by atoms with Crippen molar-refractivity contribution in [3.8, 4) is 0 Å². The van der Waals surface area contributed by atoms with Crippen LogP contribution in [0.25, 0.3) is 0 Å². The quantitative estimate of drug-likeness (QED) is 0.0978. The average molecular weight is 748 g/mol. The zero-order valence-corrected chi connectivity index (χ0v) is 28.4. The number of benzene rings is 1. The fourth-order valence-electron chi connectivity index (χ4n) is 5.13. The third kappa shape index (κ3) is 12.1. The molecule has 5 amide bonds. The third-order valence-corrected chi connectivity index (χ3v) is 9.77. The Labute approximate surface area is 278 Å². The first-order chi connectivity index (χ1) is 21.3. The molecular weight excluding hydrogens is 701 g/mol. The largest absolute Gasteiger partial charge is 0.379 e. The van der Waals surface area contributed by atoms with E-state index in [1.54, 1.807) is 0 Å². The molecule has 2 aliphatic heterocycles. The molecular formula is C30H46IN5O7S. The Morgan fingerprint density at radius 1 is 1.00 bits per heavy atom. The lowest BCUT2D eigenvalue weighted by atomic mass is 10.0. The Kier molecular flexibility index (Phi) is 16.8. The molecule has 0 aliphatic carbocycles. The van der Waals surface area contributed by atoms with Crippen molar-refractivity contribution in [2.24, 2.45) is 5.73 Å². The maximum atomic E-state index is 12.6. The molecule has 0 saturated carbocycles. The SMILES string of the molecule is CN(C(=O)CN)C(=O)CCCC[C@@H]1SC[C@@H]2NC(=O)N(CCCOCCOCCOCCCNC(=O)c3ccc(I)cc3)[C@@H]21. The van der Waals surface area contributed by atoms with Crippen LogP contribution in [0.2, 0.25) is 0 Å². The first-order valence-electron chi connectivity index (χ1n) is 15.3. The molecule has 3 rings (SSSR count). The topological polar surface area (TPSA) is 153 Å². The second-order valence-corrected chi connectivity index (χ2v) is 13.2. The molecule has 0 unspecified atom stereocenters. The summed E-state index contributed by atoms with van der Waals surface area (Å²) in [6, 6.07) is 7.73. The number of nitrogens with two attached hydrogens (primary N) is 1. The second kappa shape index (κ2) is 20.2. The van der Waals surface area contributed by atoms with Gasteiger partial charge in [-0.15, -0.1) is 0 Å². The van der Waals surface area contributed by atoms with E-state index in [1.807, 2.05) is 40.9 Å². The van der Waals surface area contributed by atoms with Gasteiger partial charge >= 0.3 is 6.03 Å². The number of ether oxygens (including phenoxy) is 3. The van der Waals surface area contributed by atoms with Gasteiger partial charge in [0.1, 0.15) is 0 Å². The molecule has 2 aliphatic rings. The van der Waals surface area contributed by atoms with Crippen molar-refractivity contribution in [3.63, 3.8) is 0 Å². The van der Waals surface area contributed by atoms with Gasteiger partial charge in [0, 0.05) is 59.9 Å². The van der Waals surface area contributed by atoms with Crippen molar-refractivity contribution in [2.75, 3.05) is 72.1 Å². The van der Waals surface area contributed by atoms with Gasteiger partial charge in [-0.05, 0) is 72.5 Å². The van der Waals surface area contributed by atoms with Gasteiger partial charge in [0.25, 0.3) is 5.91 Å². The van der Waals surface area contributed by atoms with E-state index < -0.39 is 0 Å². The number of rotatable bonds is 21. The lowest BCUT2D eigenvalue weighted by Crippen LogP contribution is -2.41. The van der Waals surface area contributed by atoms with Crippen LogP contribution in [0.4, 0.5) is 4.79 Å². The fourth-order valence-corrected chi connectivity index (χ4v) is 7.10. The molecule has 12 nitrogen and oxygen atoms in total. The zero-order chi connectivity index (χ0) is 31.7. The number of carbonyl (C=O) groups excluding carboxylic acids is 4. The number of halogens is 1. The summed E-state index contributed by atoms with van der Waals surface area (Å²) in [7, 11) is 1.47. The number of unbranched alkanes of at least 4 members (excludes halogenated alkanes) is 1. The monoisotopic (exact) mass is 747 g/mol. The Morgan fingerprint density at radius 2 is 1.66 bits per heavy atom. The van der Waals surface area contributed by atoms with Gasteiger partial charge in [0.15, 0.2) is 0 Å². The number of imide groups is 1. The zero-order valence-electron chi connectivity index (χ0n) is 25.5. The van der Waals surface area contributed by atoms with Crippen LogP contribution in [-0.2, 0) is 23.8 Å². The van der Waals surface area contributed by atoms with Gasteiger partial charge in [0.05, 0.1) is 45.1 Å². The van der Waals surface area contributed by atoms with Crippen LogP contribution in [0.1, 0.15) is 48.9 Å². The van der Waals surface area contributed by atoms with Gasteiger partial charge in [-0.3, -0.25) is 19.3 Å². The predicted molar refractivity (Wildman–Crippen MR) is 178 cm³/mol. The summed E-state index contributed by atoms with van der Waals surface area (Å²) in [5.74, 6) is 0.238. The summed E-state index contributed by atoms with van der Waals surface area (Å²) in [6.45, 7) is 4.03. The van der Waals surface area contributed by atoms with Crippen molar-refractivity contribution < 1.29 is 33.4 Å². The number of thioether (sulfide) groups is 1. The van der Waals surface area contributed by atoms with Crippen LogP contribution in [0.3, 0.4) is 0 Å². The van der Waals surface area contributed by atoms with Crippen molar-refractivity contribution in [1.29, 1.82) is 0 Å². The van der Waals surface area contributed by atoms with E-state index in [0.717, 1.165) is 39.9 Å². The van der Waals surface area contributed by atoms with E-state index in [9.17, 15) is 19.2 Å². The van der Waals surface area contributed by atoms with Gasteiger partial charge in [-0.25, -0.2) is 4.79 Å². The standard InChI is InChI=1S/C30H46IN5O7S/c1-35(27(38)20-32)26(37)7-3-2-6-25-28-24(21-44-25)34-30(40)36(28)13-5-15-42-17-19-43-18-16-41-14-4-12-33-29(39)22-8-10-23(31)11-9-22/h8-11,24-25,28H,2-7,12-21,32H2,1H3,(H,33,39)(H,34,40)/t24-,25-,28-/m0/s1. The summed E-state index contributed by atoms with van der Waals surface area (Å²) in [4.78, 5) is 51.4. The highest BCUT2D eigenvalue weighted by Crippen LogP contribution is 2.37. The van der Waals surface area contributed by atoms with Gasteiger partial charge < -0.3 is 35.5 Å². The van der Waals surface area contributed by atoms with Crippen molar-refractivity contribution in [2.45, 2.75) is 55.9 Å². The number of nitrogens with zero attached hydrogens (tertiary/aromatic N) is 2.